The number of phenolic OH excluding ortho intramolecular Hbond substituents is 1. The van der Waals surface area contributed by atoms with Crippen LogP contribution in [0.15, 0.2) is 18.2 Å². The molecule has 1 aromatic carbocycles. The van der Waals surface area contributed by atoms with Crippen molar-refractivity contribution < 1.29 is 9.50 Å². The van der Waals surface area contributed by atoms with E-state index in [1.54, 1.807) is 6.07 Å². The van der Waals surface area contributed by atoms with Crippen molar-refractivity contribution in [2.24, 2.45) is 0 Å². The predicted octanol–water partition coefficient (Wildman–Crippen LogP) is 3.05. The van der Waals surface area contributed by atoms with Crippen LogP contribution in [-0.2, 0) is 0 Å². The summed E-state index contributed by atoms with van der Waals surface area (Å²) in [6, 6.07) is 5.36. The lowest BCUT2D eigenvalue weighted by atomic mass is 9.98. The van der Waals surface area contributed by atoms with Crippen LogP contribution in [0.25, 0.3) is 0 Å². The molecule has 0 aliphatic carbocycles. The van der Waals surface area contributed by atoms with Crippen LogP contribution in [0.1, 0.15) is 45.2 Å². The van der Waals surface area contributed by atoms with Gasteiger partial charge < -0.3 is 10.4 Å². The molecule has 3 nitrogen and oxygen atoms in total. The average Bonchev–Trinajstić information content (AvgIpc) is 2.46. The molecule has 0 saturated carbocycles. The van der Waals surface area contributed by atoms with Gasteiger partial charge in [-0.2, -0.15) is 0 Å². The molecule has 1 aromatic rings. The zero-order chi connectivity index (χ0) is 14.7. The van der Waals surface area contributed by atoms with Crippen LogP contribution in [0.4, 0.5) is 4.39 Å². The highest BCUT2D eigenvalue weighted by Gasteiger charge is 2.30. The van der Waals surface area contributed by atoms with Gasteiger partial charge in [-0.3, -0.25) is 4.90 Å². The van der Waals surface area contributed by atoms with Crippen LogP contribution in [0, 0.1) is 5.82 Å². The van der Waals surface area contributed by atoms with E-state index in [1.165, 1.54) is 12.1 Å². The van der Waals surface area contributed by atoms with Crippen LogP contribution in [0.3, 0.4) is 0 Å². The van der Waals surface area contributed by atoms with Gasteiger partial charge in [0.1, 0.15) is 11.6 Å². The van der Waals surface area contributed by atoms with E-state index in [0.717, 1.165) is 31.5 Å². The van der Waals surface area contributed by atoms with E-state index in [9.17, 15) is 9.50 Å². The van der Waals surface area contributed by atoms with Gasteiger partial charge in [0.25, 0.3) is 0 Å². The van der Waals surface area contributed by atoms with Gasteiger partial charge in [0.05, 0.1) is 0 Å². The molecule has 0 bridgehead atoms. The SMILES string of the molecule is CCC1CN(C(C)c2ccc(F)cc2O)C(CC)CN1. The Labute approximate surface area is 120 Å². The molecule has 4 heteroatoms. The fourth-order valence-corrected chi connectivity index (χ4v) is 3.06. The first-order valence-electron chi connectivity index (χ1n) is 7.54. The molecule has 2 rings (SSSR count). The fraction of sp³-hybridized carbons (Fsp3) is 0.625. The van der Waals surface area contributed by atoms with E-state index in [1.807, 2.05) is 0 Å². The maximum Gasteiger partial charge on any atom is 0.126 e. The van der Waals surface area contributed by atoms with E-state index in [4.69, 9.17) is 0 Å². The smallest absolute Gasteiger partial charge is 0.126 e. The summed E-state index contributed by atoms with van der Waals surface area (Å²) in [5, 5.41) is 13.6. The summed E-state index contributed by atoms with van der Waals surface area (Å²) in [6.45, 7) is 8.40. The minimum absolute atomic E-state index is 0.0546. The lowest BCUT2D eigenvalue weighted by Crippen LogP contribution is -2.56. The van der Waals surface area contributed by atoms with Crippen LogP contribution in [0.2, 0.25) is 0 Å². The largest absolute Gasteiger partial charge is 0.508 e. The molecule has 1 aliphatic heterocycles. The predicted molar refractivity (Wildman–Crippen MR) is 79.3 cm³/mol. The van der Waals surface area contributed by atoms with Crippen molar-refractivity contribution >= 4 is 0 Å². The van der Waals surface area contributed by atoms with Crippen molar-refractivity contribution in [1.29, 1.82) is 0 Å². The Bertz CT molecular complexity index is 452. The second kappa shape index (κ2) is 6.55. The zero-order valence-corrected chi connectivity index (χ0v) is 12.6. The molecule has 20 heavy (non-hydrogen) atoms. The Hall–Kier alpha value is -1.13. The number of halogens is 1. The maximum absolute atomic E-state index is 13.1. The third-order valence-corrected chi connectivity index (χ3v) is 4.45. The molecule has 1 aliphatic rings. The highest BCUT2D eigenvalue weighted by Crippen LogP contribution is 2.32. The second-order valence-corrected chi connectivity index (χ2v) is 5.65. The van der Waals surface area contributed by atoms with Gasteiger partial charge in [-0.15, -0.1) is 0 Å². The molecular formula is C16H25FN2O. The quantitative estimate of drug-likeness (QED) is 0.890. The summed E-state index contributed by atoms with van der Waals surface area (Å²) >= 11 is 0. The van der Waals surface area contributed by atoms with Gasteiger partial charge in [0, 0.05) is 42.8 Å². The van der Waals surface area contributed by atoms with Crippen molar-refractivity contribution in [2.45, 2.75) is 51.7 Å². The van der Waals surface area contributed by atoms with Gasteiger partial charge in [-0.25, -0.2) is 4.39 Å². The van der Waals surface area contributed by atoms with Crippen LogP contribution < -0.4 is 5.32 Å². The molecular weight excluding hydrogens is 255 g/mol. The summed E-state index contributed by atoms with van der Waals surface area (Å²) in [5.41, 5.74) is 0.807. The number of hydrogen-bond donors (Lipinski definition) is 2. The number of benzene rings is 1. The average molecular weight is 280 g/mol. The fourth-order valence-electron chi connectivity index (χ4n) is 3.06. The Kier molecular flexibility index (Phi) is 5.00. The number of nitrogens with one attached hydrogen (secondary N) is 1. The molecule has 0 spiro atoms. The van der Waals surface area contributed by atoms with Gasteiger partial charge in [-0.1, -0.05) is 19.9 Å². The minimum atomic E-state index is -0.391. The normalized spacial score (nSPS) is 25.6. The second-order valence-electron chi connectivity index (χ2n) is 5.65. The van der Waals surface area contributed by atoms with Crippen molar-refractivity contribution in [3.05, 3.63) is 29.6 Å². The maximum atomic E-state index is 13.1. The number of rotatable bonds is 4. The van der Waals surface area contributed by atoms with E-state index in [-0.39, 0.29) is 11.8 Å². The molecule has 0 radical (unpaired) electrons. The molecule has 112 valence electrons. The van der Waals surface area contributed by atoms with Gasteiger partial charge in [0.15, 0.2) is 0 Å². The van der Waals surface area contributed by atoms with E-state index < -0.39 is 5.82 Å². The highest BCUT2D eigenvalue weighted by molar-refractivity contribution is 5.35. The standard InChI is InChI=1S/C16H25FN2O/c1-4-13-10-19(14(5-2)9-18-13)11(3)15-7-6-12(17)8-16(15)20/h6-8,11,13-14,18,20H,4-5,9-10H2,1-3H3. The molecule has 2 N–H and O–H groups in total. The topological polar surface area (TPSA) is 35.5 Å². The van der Waals surface area contributed by atoms with E-state index in [0.29, 0.717) is 12.1 Å². The Morgan fingerprint density at radius 3 is 2.75 bits per heavy atom. The van der Waals surface area contributed by atoms with Crippen LogP contribution >= 0.6 is 0 Å². The summed E-state index contributed by atoms with van der Waals surface area (Å²) in [6.07, 6.45) is 2.16. The summed E-state index contributed by atoms with van der Waals surface area (Å²) in [4.78, 5) is 2.43. The molecule has 1 saturated heterocycles. The molecule has 0 amide bonds. The summed E-state index contributed by atoms with van der Waals surface area (Å²) < 4.78 is 13.1. The Balaban J connectivity index is 2.21. The third-order valence-electron chi connectivity index (χ3n) is 4.45. The lowest BCUT2D eigenvalue weighted by molar-refractivity contribution is 0.0838. The molecule has 1 fully saturated rings. The Morgan fingerprint density at radius 2 is 2.15 bits per heavy atom. The van der Waals surface area contributed by atoms with Crippen LogP contribution in [-0.4, -0.2) is 35.2 Å². The highest BCUT2D eigenvalue weighted by atomic mass is 19.1. The first-order chi connectivity index (χ1) is 9.56. The Morgan fingerprint density at radius 1 is 1.40 bits per heavy atom. The first kappa shape index (κ1) is 15.3. The monoisotopic (exact) mass is 280 g/mol. The third kappa shape index (κ3) is 3.13. The van der Waals surface area contributed by atoms with Crippen molar-refractivity contribution in [3.8, 4) is 5.75 Å². The minimum Gasteiger partial charge on any atom is -0.508 e. The number of piperazine rings is 1. The van der Waals surface area contributed by atoms with Crippen molar-refractivity contribution in [1.82, 2.24) is 10.2 Å². The number of phenols is 1. The number of hydrogen-bond acceptors (Lipinski definition) is 3. The van der Waals surface area contributed by atoms with E-state index in [2.05, 4.69) is 31.0 Å². The molecule has 0 aromatic heterocycles. The zero-order valence-electron chi connectivity index (χ0n) is 12.6. The van der Waals surface area contributed by atoms with Gasteiger partial charge in [0.2, 0.25) is 0 Å². The van der Waals surface area contributed by atoms with Gasteiger partial charge in [-0.05, 0) is 25.8 Å². The number of nitrogens with zero attached hydrogens (tertiary/aromatic N) is 1. The molecule has 3 unspecified atom stereocenters. The molecule has 3 atom stereocenters. The summed E-state index contributed by atoms with van der Waals surface area (Å²) in [7, 11) is 0. The first-order valence-corrected chi connectivity index (χ1v) is 7.54. The van der Waals surface area contributed by atoms with Gasteiger partial charge >= 0.3 is 0 Å². The van der Waals surface area contributed by atoms with Crippen LogP contribution in [0.5, 0.6) is 5.75 Å². The summed E-state index contributed by atoms with van der Waals surface area (Å²) in [5.74, 6) is -0.337. The lowest BCUT2D eigenvalue weighted by Gasteiger charge is -2.43. The number of aromatic hydroxyl groups is 1. The van der Waals surface area contributed by atoms with Crippen molar-refractivity contribution in [2.75, 3.05) is 13.1 Å². The van der Waals surface area contributed by atoms with E-state index >= 15 is 0 Å². The van der Waals surface area contributed by atoms with Crippen molar-refractivity contribution in [3.63, 3.8) is 0 Å². The molecule has 1 heterocycles.